The van der Waals surface area contributed by atoms with Gasteiger partial charge in [-0.1, -0.05) is 23.7 Å². The number of rotatable bonds is 8. The number of carbonyl (C=O) groups is 1. The lowest BCUT2D eigenvalue weighted by Gasteiger charge is -2.14. The van der Waals surface area contributed by atoms with E-state index in [0.29, 0.717) is 40.1 Å². The smallest absolute Gasteiger partial charge is 0.267 e. The summed E-state index contributed by atoms with van der Waals surface area (Å²) in [5, 5.41) is 7.72. The first-order valence-corrected chi connectivity index (χ1v) is 9.72. The molecule has 1 heterocycles. The van der Waals surface area contributed by atoms with Crippen LogP contribution in [-0.2, 0) is 17.9 Å². The highest BCUT2D eigenvalue weighted by atomic mass is 35.5. The molecule has 0 saturated carbocycles. The number of ether oxygens (including phenoxy) is 3. The number of amides is 1. The van der Waals surface area contributed by atoms with E-state index in [-0.39, 0.29) is 12.5 Å². The quantitative estimate of drug-likeness (QED) is 0.575. The van der Waals surface area contributed by atoms with Crippen LogP contribution in [0.25, 0.3) is 11.3 Å². The van der Waals surface area contributed by atoms with Crippen molar-refractivity contribution < 1.29 is 19.0 Å². The number of benzene rings is 2. The van der Waals surface area contributed by atoms with Crippen molar-refractivity contribution in [2.24, 2.45) is 0 Å². The van der Waals surface area contributed by atoms with Crippen molar-refractivity contribution in [1.29, 1.82) is 0 Å². The van der Waals surface area contributed by atoms with Gasteiger partial charge in [0.25, 0.3) is 5.56 Å². The third-order valence-corrected chi connectivity index (χ3v) is 4.78. The first-order chi connectivity index (χ1) is 14.9. The zero-order valence-electron chi connectivity index (χ0n) is 17.3. The minimum atomic E-state index is -0.391. The van der Waals surface area contributed by atoms with Gasteiger partial charge in [-0.05, 0) is 35.9 Å². The third-order valence-electron chi connectivity index (χ3n) is 4.52. The van der Waals surface area contributed by atoms with Gasteiger partial charge >= 0.3 is 0 Å². The molecule has 2 aromatic carbocycles. The van der Waals surface area contributed by atoms with Crippen LogP contribution in [0.4, 0.5) is 0 Å². The minimum Gasteiger partial charge on any atom is -0.493 e. The molecule has 31 heavy (non-hydrogen) atoms. The van der Waals surface area contributed by atoms with Gasteiger partial charge in [-0.3, -0.25) is 9.59 Å². The first kappa shape index (κ1) is 22.2. The molecule has 0 atom stereocenters. The Morgan fingerprint density at radius 1 is 1.00 bits per heavy atom. The topological polar surface area (TPSA) is 91.7 Å². The van der Waals surface area contributed by atoms with Crippen LogP contribution in [0.5, 0.6) is 17.2 Å². The summed E-state index contributed by atoms with van der Waals surface area (Å²) in [5.74, 6) is 1.02. The van der Waals surface area contributed by atoms with Crippen molar-refractivity contribution >= 4 is 17.5 Å². The monoisotopic (exact) mass is 443 g/mol. The average molecular weight is 444 g/mol. The summed E-state index contributed by atoms with van der Waals surface area (Å²) in [5.41, 5.74) is 1.62. The summed E-state index contributed by atoms with van der Waals surface area (Å²) < 4.78 is 17.2. The number of hydrogen-bond acceptors (Lipinski definition) is 6. The Kier molecular flexibility index (Phi) is 7.15. The molecule has 1 N–H and O–H groups in total. The number of aromatic nitrogens is 2. The van der Waals surface area contributed by atoms with Gasteiger partial charge in [0.05, 0.1) is 27.0 Å². The molecular weight excluding hydrogens is 422 g/mol. The Hall–Kier alpha value is -3.52. The molecule has 0 saturated heterocycles. The van der Waals surface area contributed by atoms with Gasteiger partial charge in [-0.2, -0.15) is 5.10 Å². The molecule has 0 aliphatic carbocycles. The predicted octanol–water partition coefficient (Wildman–Crippen LogP) is 2.91. The third kappa shape index (κ3) is 5.35. The number of methoxy groups -OCH3 is 3. The van der Waals surface area contributed by atoms with E-state index < -0.39 is 5.56 Å². The SMILES string of the molecule is COc1cc(-c2ccc(=O)n(CC(=O)NCc3ccc(Cl)cc3)n2)cc(OC)c1OC. The van der Waals surface area contributed by atoms with Crippen molar-refractivity contribution in [1.82, 2.24) is 15.1 Å². The van der Waals surface area contributed by atoms with E-state index >= 15 is 0 Å². The molecule has 1 amide bonds. The number of nitrogens with zero attached hydrogens (tertiary/aromatic N) is 2. The molecule has 0 aliphatic rings. The van der Waals surface area contributed by atoms with Crippen molar-refractivity contribution in [3.63, 3.8) is 0 Å². The summed E-state index contributed by atoms with van der Waals surface area (Å²) in [6.07, 6.45) is 0. The molecule has 0 bridgehead atoms. The van der Waals surface area contributed by atoms with Crippen LogP contribution in [0.15, 0.2) is 53.3 Å². The molecule has 0 fully saturated rings. The number of hydrogen-bond donors (Lipinski definition) is 1. The van der Waals surface area contributed by atoms with E-state index in [4.69, 9.17) is 25.8 Å². The van der Waals surface area contributed by atoms with Crippen LogP contribution < -0.4 is 25.1 Å². The maximum absolute atomic E-state index is 12.3. The molecule has 0 spiro atoms. The van der Waals surface area contributed by atoms with E-state index in [1.165, 1.54) is 27.4 Å². The van der Waals surface area contributed by atoms with Crippen molar-refractivity contribution in [3.05, 3.63) is 69.5 Å². The molecule has 1 aromatic heterocycles. The van der Waals surface area contributed by atoms with Gasteiger partial charge in [0.1, 0.15) is 6.54 Å². The fourth-order valence-corrected chi connectivity index (χ4v) is 3.07. The Morgan fingerprint density at radius 2 is 1.65 bits per heavy atom. The predicted molar refractivity (Wildman–Crippen MR) is 117 cm³/mol. The second-order valence-electron chi connectivity index (χ2n) is 6.53. The summed E-state index contributed by atoms with van der Waals surface area (Å²) in [6, 6.07) is 13.5. The largest absolute Gasteiger partial charge is 0.493 e. The fraction of sp³-hybridized carbons (Fsp3) is 0.227. The second-order valence-corrected chi connectivity index (χ2v) is 6.97. The summed E-state index contributed by atoms with van der Waals surface area (Å²) in [4.78, 5) is 24.6. The van der Waals surface area contributed by atoms with Crippen LogP contribution >= 0.6 is 11.6 Å². The van der Waals surface area contributed by atoms with Gasteiger partial charge in [0.2, 0.25) is 11.7 Å². The fourth-order valence-electron chi connectivity index (χ4n) is 2.94. The van der Waals surface area contributed by atoms with Crippen molar-refractivity contribution in [3.8, 4) is 28.5 Å². The van der Waals surface area contributed by atoms with Gasteiger partial charge < -0.3 is 19.5 Å². The number of halogens is 1. The maximum atomic E-state index is 12.3. The van der Waals surface area contributed by atoms with E-state index in [1.54, 1.807) is 30.3 Å². The van der Waals surface area contributed by atoms with Crippen LogP contribution in [0.2, 0.25) is 5.02 Å². The molecule has 0 aliphatic heterocycles. The van der Waals surface area contributed by atoms with Gasteiger partial charge in [-0.15, -0.1) is 0 Å². The second kappa shape index (κ2) is 9.99. The Labute approximate surface area is 184 Å². The van der Waals surface area contributed by atoms with E-state index in [9.17, 15) is 9.59 Å². The molecule has 3 aromatic rings. The molecular formula is C22H22ClN3O5. The van der Waals surface area contributed by atoms with Gasteiger partial charge in [0, 0.05) is 23.2 Å². The van der Waals surface area contributed by atoms with Gasteiger partial charge in [0.15, 0.2) is 11.5 Å². The Bertz CT molecular complexity index is 1100. The summed E-state index contributed by atoms with van der Waals surface area (Å²) >= 11 is 5.86. The Balaban J connectivity index is 1.81. The number of carbonyl (C=O) groups excluding carboxylic acids is 1. The maximum Gasteiger partial charge on any atom is 0.267 e. The summed E-state index contributed by atoms with van der Waals surface area (Å²) in [7, 11) is 4.54. The normalized spacial score (nSPS) is 10.5. The lowest BCUT2D eigenvalue weighted by atomic mass is 10.1. The molecule has 0 radical (unpaired) electrons. The van der Waals surface area contributed by atoms with E-state index in [2.05, 4.69) is 10.4 Å². The highest BCUT2D eigenvalue weighted by molar-refractivity contribution is 6.30. The van der Waals surface area contributed by atoms with Crippen molar-refractivity contribution in [2.75, 3.05) is 21.3 Å². The van der Waals surface area contributed by atoms with Crippen molar-refractivity contribution in [2.45, 2.75) is 13.1 Å². The average Bonchev–Trinajstić information content (AvgIpc) is 2.79. The molecule has 9 heteroatoms. The standard InChI is InChI=1S/C22H22ClN3O5/c1-29-18-10-15(11-19(30-2)22(18)31-3)17-8-9-21(28)26(25-17)13-20(27)24-12-14-4-6-16(23)7-5-14/h4-11H,12-13H2,1-3H3,(H,24,27). The Morgan fingerprint density at radius 3 is 2.23 bits per heavy atom. The molecule has 8 nitrogen and oxygen atoms in total. The summed E-state index contributed by atoms with van der Waals surface area (Å²) in [6.45, 7) is 0.0992. The molecule has 162 valence electrons. The molecule has 3 rings (SSSR count). The zero-order chi connectivity index (χ0) is 22.4. The highest BCUT2D eigenvalue weighted by Crippen LogP contribution is 2.40. The minimum absolute atomic E-state index is 0.218. The molecule has 0 unspecified atom stereocenters. The highest BCUT2D eigenvalue weighted by Gasteiger charge is 2.16. The first-order valence-electron chi connectivity index (χ1n) is 9.35. The van der Waals surface area contributed by atoms with E-state index in [0.717, 1.165) is 10.2 Å². The lowest BCUT2D eigenvalue weighted by Crippen LogP contribution is -2.33. The lowest BCUT2D eigenvalue weighted by molar-refractivity contribution is -0.122. The van der Waals surface area contributed by atoms with Crippen LogP contribution in [0.3, 0.4) is 0 Å². The zero-order valence-corrected chi connectivity index (χ0v) is 18.1. The van der Waals surface area contributed by atoms with E-state index in [1.807, 2.05) is 12.1 Å². The van der Waals surface area contributed by atoms with Crippen LogP contribution in [0, 0.1) is 0 Å². The van der Waals surface area contributed by atoms with Crippen LogP contribution in [0.1, 0.15) is 5.56 Å². The van der Waals surface area contributed by atoms with Crippen LogP contribution in [-0.4, -0.2) is 37.0 Å². The van der Waals surface area contributed by atoms with Gasteiger partial charge in [-0.25, -0.2) is 4.68 Å². The number of nitrogens with one attached hydrogen (secondary N) is 1.